The minimum absolute atomic E-state index is 0.0280. The van der Waals surface area contributed by atoms with Crippen molar-refractivity contribution < 1.29 is 38.0 Å². The van der Waals surface area contributed by atoms with E-state index >= 15 is 0 Å². The Morgan fingerprint density at radius 1 is 1.04 bits per heavy atom. The summed E-state index contributed by atoms with van der Waals surface area (Å²) in [5.41, 5.74) is 1.38. The van der Waals surface area contributed by atoms with Crippen molar-refractivity contribution in [1.82, 2.24) is 36.4 Å². The first-order valence-electron chi connectivity index (χ1n) is 16.0. The van der Waals surface area contributed by atoms with Crippen molar-refractivity contribution in [3.8, 4) is 17.1 Å². The van der Waals surface area contributed by atoms with E-state index in [0.29, 0.717) is 30.0 Å². The van der Waals surface area contributed by atoms with Gasteiger partial charge in [0.15, 0.2) is 5.69 Å². The maximum absolute atomic E-state index is 13.8. The molecule has 2 bridgehead atoms. The van der Waals surface area contributed by atoms with Gasteiger partial charge in [-0.3, -0.25) is 19.2 Å². The predicted molar refractivity (Wildman–Crippen MR) is 174 cm³/mol. The van der Waals surface area contributed by atoms with Crippen LogP contribution in [0.3, 0.4) is 0 Å². The highest BCUT2D eigenvalue weighted by atomic mass is 16.5. The number of nitrogens with zero attached hydrogens (tertiary/aromatic N) is 3. The van der Waals surface area contributed by atoms with Crippen LogP contribution in [-0.4, -0.2) is 75.7 Å². The number of aliphatic hydroxyl groups excluding tert-OH is 1. The topological polar surface area (TPSA) is 211 Å². The van der Waals surface area contributed by atoms with Crippen molar-refractivity contribution in [2.75, 3.05) is 13.7 Å². The van der Waals surface area contributed by atoms with Gasteiger partial charge in [0.2, 0.25) is 35.3 Å². The lowest BCUT2D eigenvalue weighted by Gasteiger charge is -2.23. The van der Waals surface area contributed by atoms with Gasteiger partial charge in [-0.15, -0.1) is 0 Å². The van der Waals surface area contributed by atoms with Crippen molar-refractivity contribution >= 4 is 23.6 Å². The number of aliphatic hydroxyl groups is 1. The molecule has 2 aromatic carbocycles. The number of carbonyl (C=O) groups is 4. The van der Waals surface area contributed by atoms with Crippen LogP contribution in [0, 0.1) is 0 Å². The third kappa shape index (κ3) is 9.28. The monoisotopic (exact) mass is 673 g/mol. The maximum Gasteiger partial charge on any atom is 0.273 e. The van der Waals surface area contributed by atoms with Gasteiger partial charge >= 0.3 is 0 Å². The summed E-state index contributed by atoms with van der Waals surface area (Å²) < 4.78 is 16.4. The van der Waals surface area contributed by atoms with Crippen molar-refractivity contribution in [1.29, 1.82) is 0 Å². The average Bonchev–Trinajstić information content (AvgIpc) is 3.79. The Bertz CT molecular complexity index is 1740. The molecule has 4 amide bonds. The predicted octanol–water partition coefficient (Wildman–Crippen LogP) is 2.03. The molecule has 1 aliphatic heterocycles. The molecule has 2 aromatic heterocycles. The number of aryl methyl sites for hydroxylation is 1. The first kappa shape index (κ1) is 34.8. The van der Waals surface area contributed by atoms with Crippen molar-refractivity contribution in [3.05, 3.63) is 83.9 Å². The van der Waals surface area contributed by atoms with Gasteiger partial charge in [-0.25, -0.2) is 4.98 Å². The fraction of sp³-hybridized carbons (Fsp3) is 0.382. The van der Waals surface area contributed by atoms with E-state index in [4.69, 9.17) is 13.7 Å². The molecule has 0 fully saturated rings. The van der Waals surface area contributed by atoms with Crippen LogP contribution < -0.4 is 26.0 Å². The Labute approximate surface area is 282 Å². The van der Waals surface area contributed by atoms with Crippen LogP contribution in [0.1, 0.15) is 66.5 Å². The fourth-order valence-corrected chi connectivity index (χ4v) is 5.34. The lowest BCUT2D eigenvalue weighted by Crippen LogP contribution is -2.52. The smallest absolute Gasteiger partial charge is 0.273 e. The highest BCUT2D eigenvalue weighted by molar-refractivity contribution is 5.96. The number of ether oxygens (including phenoxy) is 1. The zero-order chi connectivity index (χ0) is 34.8. The Morgan fingerprint density at radius 2 is 1.82 bits per heavy atom. The highest BCUT2D eigenvalue weighted by Gasteiger charge is 2.30. The van der Waals surface area contributed by atoms with Crippen LogP contribution in [0.4, 0.5) is 0 Å². The molecule has 0 unspecified atom stereocenters. The molecule has 0 radical (unpaired) electrons. The molecule has 5 N–H and O–H groups in total. The largest absolute Gasteiger partial charge is 0.496 e. The molecule has 15 heteroatoms. The van der Waals surface area contributed by atoms with Gasteiger partial charge in [-0.1, -0.05) is 47.6 Å². The van der Waals surface area contributed by atoms with Gasteiger partial charge in [-0.05, 0) is 43.9 Å². The lowest BCUT2D eigenvalue weighted by atomic mass is 10.0. The molecule has 4 atom stereocenters. The number of fused-ring (bicyclic) bond motifs is 2. The number of oxazole rings is 1. The van der Waals surface area contributed by atoms with Crippen LogP contribution in [0.15, 0.2) is 69.8 Å². The Kier molecular flexibility index (Phi) is 11.7. The van der Waals surface area contributed by atoms with E-state index in [9.17, 15) is 24.3 Å². The summed E-state index contributed by atoms with van der Waals surface area (Å²) in [4.78, 5) is 61.4. The molecule has 0 spiro atoms. The van der Waals surface area contributed by atoms with Crippen LogP contribution in [0.5, 0.6) is 5.75 Å². The second-order valence-corrected chi connectivity index (χ2v) is 11.6. The Balaban J connectivity index is 1.32. The van der Waals surface area contributed by atoms with E-state index in [1.165, 1.54) is 6.92 Å². The van der Waals surface area contributed by atoms with E-state index in [0.717, 1.165) is 11.8 Å². The third-order valence-electron chi connectivity index (χ3n) is 7.96. The van der Waals surface area contributed by atoms with Gasteiger partial charge in [0.05, 0.1) is 18.8 Å². The minimum Gasteiger partial charge on any atom is -0.496 e. The summed E-state index contributed by atoms with van der Waals surface area (Å²) in [6, 6.07) is 13.6. The first-order valence-corrected chi connectivity index (χ1v) is 16.0. The van der Waals surface area contributed by atoms with Gasteiger partial charge in [-0.2, -0.15) is 4.98 Å². The SMILES string of the molecule is COc1ccccc1-c1noc(CCC(=O)N[C@H]2CCCCNC(=O)[C@H]([C@@H](C)O)NC(=O)c3coc(n3)[C@H](Cc3ccccc3)NC2=O)n1. The number of hydrogen-bond donors (Lipinski definition) is 5. The van der Waals surface area contributed by atoms with E-state index in [-0.39, 0.29) is 49.7 Å². The van der Waals surface area contributed by atoms with Crippen molar-refractivity contribution in [3.63, 3.8) is 0 Å². The fourth-order valence-electron chi connectivity index (χ4n) is 5.34. The molecular formula is C34H39N7O8. The molecule has 1 aliphatic rings. The molecule has 49 heavy (non-hydrogen) atoms. The minimum atomic E-state index is -1.22. The molecular weight excluding hydrogens is 634 g/mol. The summed E-state index contributed by atoms with van der Waals surface area (Å²) in [5, 5.41) is 25.2. The Morgan fingerprint density at radius 3 is 2.59 bits per heavy atom. The number of methoxy groups -OCH3 is 1. The van der Waals surface area contributed by atoms with E-state index < -0.39 is 47.9 Å². The number of hydrogen-bond acceptors (Lipinski definition) is 11. The lowest BCUT2D eigenvalue weighted by molar-refractivity contribution is -0.129. The van der Waals surface area contributed by atoms with Gasteiger partial charge < -0.3 is 40.1 Å². The standard InChI is InChI=1S/C34H39N7O8/c1-20(42)29-33(46)35-17-9-8-13-23(36-27(43)15-16-28-39-30(41-49-28)22-12-6-7-14-26(22)47-2)31(44)37-24(18-21-10-4-3-5-11-21)34-38-25(19-48-34)32(45)40-29/h3-7,10-12,14,19-20,23-24,29,42H,8-9,13,15-18H2,1-2H3,(H,35,46)(H,36,43)(H,37,44)(H,40,45)/t20-,23+,24+,29+/m1/s1. The second kappa shape index (κ2) is 16.5. The van der Waals surface area contributed by atoms with E-state index in [1.807, 2.05) is 42.5 Å². The molecule has 0 saturated carbocycles. The summed E-state index contributed by atoms with van der Waals surface area (Å²) in [5.74, 6) is -0.970. The summed E-state index contributed by atoms with van der Waals surface area (Å²) in [7, 11) is 1.54. The molecule has 15 nitrogen and oxygen atoms in total. The van der Waals surface area contributed by atoms with Crippen molar-refractivity contribution in [2.45, 2.75) is 69.7 Å². The summed E-state index contributed by atoms with van der Waals surface area (Å²) >= 11 is 0. The zero-order valence-electron chi connectivity index (χ0n) is 27.2. The Hall–Kier alpha value is -5.57. The van der Waals surface area contributed by atoms with Crippen LogP contribution in [0.25, 0.3) is 11.4 Å². The van der Waals surface area contributed by atoms with Gasteiger partial charge in [0.25, 0.3) is 5.91 Å². The number of rotatable bonds is 9. The van der Waals surface area contributed by atoms with Gasteiger partial charge in [0.1, 0.15) is 30.1 Å². The van der Waals surface area contributed by atoms with E-state index in [2.05, 4.69) is 36.4 Å². The summed E-state index contributed by atoms with van der Waals surface area (Å²) in [6.45, 7) is 1.62. The van der Waals surface area contributed by atoms with Gasteiger partial charge in [0, 0.05) is 25.8 Å². The number of aromatic nitrogens is 3. The maximum atomic E-state index is 13.8. The number of amides is 4. The normalized spacial score (nSPS) is 19.7. The van der Waals surface area contributed by atoms with Crippen LogP contribution in [-0.2, 0) is 27.2 Å². The van der Waals surface area contributed by atoms with Crippen LogP contribution in [0.2, 0.25) is 0 Å². The zero-order valence-corrected chi connectivity index (χ0v) is 27.2. The second-order valence-electron chi connectivity index (χ2n) is 11.6. The first-order chi connectivity index (χ1) is 23.7. The van der Waals surface area contributed by atoms with Crippen LogP contribution >= 0.6 is 0 Å². The summed E-state index contributed by atoms with van der Waals surface area (Å²) in [6.07, 6.45) is 1.52. The van der Waals surface area contributed by atoms with E-state index in [1.54, 1.807) is 19.2 Å². The quantitative estimate of drug-likeness (QED) is 0.174. The third-order valence-corrected chi connectivity index (χ3v) is 7.96. The van der Waals surface area contributed by atoms with Crippen molar-refractivity contribution in [2.24, 2.45) is 0 Å². The number of nitrogens with one attached hydrogen (secondary N) is 4. The molecule has 0 saturated heterocycles. The highest BCUT2D eigenvalue weighted by Crippen LogP contribution is 2.27. The average molecular weight is 674 g/mol. The molecule has 0 aliphatic carbocycles. The number of benzene rings is 2. The molecule has 258 valence electrons. The molecule has 3 heterocycles. The molecule has 4 aromatic rings. The molecule has 5 rings (SSSR count). The number of carbonyl (C=O) groups excluding carboxylic acids is 4. The number of para-hydroxylation sites is 1.